The van der Waals surface area contributed by atoms with E-state index in [1.54, 1.807) is 36.4 Å². The van der Waals surface area contributed by atoms with E-state index >= 15 is 0 Å². The van der Waals surface area contributed by atoms with E-state index in [-0.39, 0.29) is 35.5 Å². The lowest BCUT2D eigenvalue weighted by Crippen LogP contribution is -2.53. The lowest BCUT2D eigenvalue weighted by atomic mass is 10.0. The van der Waals surface area contributed by atoms with Gasteiger partial charge in [0.1, 0.15) is 12.6 Å². The van der Waals surface area contributed by atoms with E-state index in [0.717, 1.165) is 16.1 Å². The summed E-state index contributed by atoms with van der Waals surface area (Å²) < 4.78 is 26.6. The summed E-state index contributed by atoms with van der Waals surface area (Å²) in [6.07, 6.45) is 1.21. The first-order valence-corrected chi connectivity index (χ1v) is 15.6. The number of hydrogen-bond acceptors (Lipinski definition) is 4. The lowest BCUT2D eigenvalue weighted by Gasteiger charge is -2.34. The van der Waals surface area contributed by atoms with Gasteiger partial charge < -0.3 is 10.2 Å². The van der Waals surface area contributed by atoms with Crippen molar-refractivity contribution in [1.29, 1.82) is 0 Å². The maximum atomic E-state index is 14.1. The summed E-state index contributed by atoms with van der Waals surface area (Å²) in [5, 5.41) is 3.75. The fourth-order valence-electron chi connectivity index (χ4n) is 4.06. The Hall–Kier alpha value is -2.78. The van der Waals surface area contributed by atoms with Crippen LogP contribution in [0.1, 0.15) is 25.0 Å². The number of halogens is 3. The smallest absolute Gasteiger partial charge is 0.244 e. The summed E-state index contributed by atoms with van der Waals surface area (Å²) >= 11 is 18.7. The summed E-state index contributed by atoms with van der Waals surface area (Å²) in [6.45, 7) is 3.78. The third-order valence-electron chi connectivity index (χ3n) is 6.09. The average molecular weight is 625 g/mol. The number of rotatable bonds is 12. The van der Waals surface area contributed by atoms with Crippen molar-refractivity contribution in [1.82, 2.24) is 10.2 Å². The molecule has 40 heavy (non-hydrogen) atoms. The monoisotopic (exact) mass is 623 g/mol. The number of benzene rings is 3. The van der Waals surface area contributed by atoms with Gasteiger partial charge in [-0.05, 0) is 41.3 Å². The molecule has 0 aliphatic heterocycles. The molecule has 0 heterocycles. The highest BCUT2D eigenvalue weighted by atomic mass is 35.5. The molecule has 214 valence electrons. The van der Waals surface area contributed by atoms with Crippen molar-refractivity contribution >= 4 is 62.3 Å². The Bertz CT molecular complexity index is 1440. The Morgan fingerprint density at radius 2 is 1.50 bits per heavy atom. The number of para-hydroxylation sites is 1. The van der Waals surface area contributed by atoms with Crippen molar-refractivity contribution in [2.45, 2.75) is 32.9 Å². The van der Waals surface area contributed by atoms with Crippen LogP contribution in [0, 0.1) is 5.92 Å². The van der Waals surface area contributed by atoms with Crippen LogP contribution in [0.2, 0.25) is 15.1 Å². The van der Waals surface area contributed by atoms with E-state index in [1.165, 1.54) is 11.0 Å². The zero-order valence-corrected chi connectivity index (χ0v) is 25.6. The third-order valence-corrected chi connectivity index (χ3v) is 8.28. The molecule has 0 saturated heterocycles. The van der Waals surface area contributed by atoms with Crippen molar-refractivity contribution < 1.29 is 18.0 Å². The van der Waals surface area contributed by atoms with Crippen LogP contribution in [0.4, 0.5) is 5.69 Å². The fourth-order valence-corrected chi connectivity index (χ4v) is 5.53. The molecule has 3 aromatic carbocycles. The van der Waals surface area contributed by atoms with Gasteiger partial charge in [0, 0.05) is 19.5 Å². The molecular weight excluding hydrogens is 593 g/mol. The van der Waals surface area contributed by atoms with Gasteiger partial charge in [-0.3, -0.25) is 13.9 Å². The molecule has 0 radical (unpaired) electrons. The van der Waals surface area contributed by atoms with Crippen molar-refractivity contribution in [2.24, 2.45) is 5.92 Å². The molecule has 0 aliphatic carbocycles. The number of sulfonamides is 1. The van der Waals surface area contributed by atoms with E-state index < -0.39 is 28.5 Å². The largest absolute Gasteiger partial charge is 0.354 e. The zero-order chi connectivity index (χ0) is 29.4. The van der Waals surface area contributed by atoms with Gasteiger partial charge in [0.25, 0.3) is 0 Å². The molecule has 0 fully saturated rings. The van der Waals surface area contributed by atoms with Crippen molar-refractivity contribution in [3.8, 4) is 0 Å². The molecule has 7 nitrogen and oxygen atoms in total. The number of hydrogen-bond donors (Lipinski definition) is 1. The van der Waals surface area contributed by atoms with E-state index in [2.05, 4.69) is 5.32 Å². The summed E-state index contributed by atoms with van der Waals surface area (Å²) in [7, 11) is -3.92. The molecule has 2 amide bonds. The summed E-state index contributed by atoms with van der Waals surface area (Å²) in [6, 6.07) is 19.7. The zero-order valence-electron chi connectivity index (χ0n) is 22.5. The first-order chi connectivity index (χ1) is 18.9. The van der Waals surface area contributed by atoms with E-state index in [4.69, 9.17) is 34.8 Å². The molecule has 0 bridgehead atoms. The summed E-state index contributed by atoms with van der Waals surface area (Å²) in [5.74, 6) is -0.756. The highest BCUT2D eigenvalue weighted by Gasteiger charge is 2.33. The molecule has 1 N–H and O–H groups in total. The number of amides is 2. The minimum atomic E-state index is -3.92. The fraction of sp³-hybridized carbons (Fsp3) is 0.310. The van der Waals surface area contributed by atoms with E-state index in [0.29, 0.717) is 22.2 Å². The van der Waals surface area contributed by atoms with Gasteiger partial charge in [0.15, 0.2) is 0 Å². The number of nitrogens with zero attached hydrogens (tertiary/aromatic N) is 2. The summed E-state index contributed by atoms with van der Waals surface area (Å²) in [4.78, 5) is 29.1. The van der Waals surface area contributed by atoms with Crippen LogP contribution in [0.15, 0.2) is 72.8 Å². The highest BCUT2D eigenvalue weighted by molar-refractivity contribution is 7.92. The SMILES string of the molecule is CC(C)CNC(=O)[C@@H](Cc1ccccc1)N(Cc1ccc(Cl)c(Cl)c1)C(=O)CN(c1ccccc1Cl)S(C)(=O)=O. The lowest BCUT2D eigenvalue weighted by molar-refractivity contribution is -0.140. The molecule has 0 aliphatic rings. The van der Waals surface area contributed by atoms with Gasteiger partial charge in [0.05, 0.1) is 27.0 Å². The Morgan fingerprint density at radius 3 is 2.10 bits per heavy atom. The van der Waals surface area contributed by atoms with Gasteiger partial charge in [-0.15, -0.1) is 0 Å². The maximum absolute atomic E-state index is 14.1. The van der Waals surface area contributed by atoms with Gasteiger partial charge in [-0.2, -0.15) is 0 Å². The highest BCUT2D eigenvalue weighted by Crippen LogP contribution is 2.28. The summed E-state index contributed by atoms with van der Waals surface area (Å²) in [5.41, 5.74) is 1.63. The molecule has 11 heteroatoms. The van der Waals surface area contributed by atoms with Crippen molar-refractivity contribution in [3.63, 3.8) is 0 Å². The van der Waals surface area contributed by atoms with Gasteiger partial charge >= 0.3 is 0 Å². The Labute approximate surface area is 251 Å². The molecule has 0 unspecified atom stereocenters. The predicted molar refractivity (Wildman–Crippen MR) is 162 cm³/mol. The van der Waals surface area contributed by atoms with E-state index in [1.807, 2.05) is 44.2 Å². The molecule has 0 aromatic heterocycles. The average Bonchev–Trinajstić information content (AvgIpc) is 2.90. The van der Waals surface area contributed by atoms with Crippen molar-refractivity contribution in [2.75, 3.05) is 23.7 Å². The Balaban J connectivity index is 2.07. The topological polar surface area (TPSA) is 86.8 Å². The number of carbonyl (C=O) groups excluding carboxylic acids is 2. The Morgan fingerprint density at radius 1 is 0.850 bits per heavy atom. The molecule has 0 spiro atoms. The minimum absolute atomic E-state index is 0.0115. The van der Waals surface area contributed by atoms with Gasteiger partial charge in [0.2, 0.25) is 21.8 Å². The maximum Gasteiger partial charge on any atom is 0.244 e. The van der Waals surface area contributed by atoms with Gasteiger partial charge in [-0.25, -0.2) is 8.42 Å². The molecule has 0 saturated carbocycles. The number of anilines is 1. The quantitative estimate of drug-likeness (QED) is 0.275. The van der Waals surface area contributed by atoms with Gasteiger partial charge in [-0.1, -0.05) is 97.2 Å². The predicted octanol–water partition coefficient (Wildman–Crippen LogP) is 5.83. The Kier molecular flexibility index (Phi) is 11.3. The molecular formula is C29H32Cl3N3O4S. The first kappa shape index (κ1) is 31.7. The third kappa shape index (κ3) is 8.86. The second kappa shape index (κ2) is 14.2. The molecule has 3 aromatic rings. The van der Waals surface area contributed by atoms with Crippen LogP contribution >= 0.6 is 34.8 Å². The van der Waals surface area contributed by atoms with Crippen LogP contribution in [-0.2, 0) is 32.6 Å². The van der Waals surface area contributed by atoms with Crippen LogP contribution in [0.3, 0.4) is 0 Å². The molecule has 3 rings (SSSR count). The van der Waals surface area contributed by atoms with Crippen LogP contribution in [0.25, 0.3) is 0 Å². The molecule has 1 atom stereocenters. The van der Waals surface area contributed by atoms with Crippen LogP contribution in [0.5, 0.6) is 0 Å². The standard InChI is InChI=1S/C29H32Cl3N3O4S/c1-20(2)17-33-29(37)27(16-21-9-5-4-6-10-21)34(18-22-13-14-23(30)25(32)15-22)28(36)19-35(40(3,38)39)26-12-8-7-11-24(26)31/h4-15,20,27H,16-19H2,1-3H3,(H,33,37)/t27-/m1/s1. The van der Waals surface area contributed by atoms with Crippen LogP contribution < -0.4 is 9.62 Å². The normalized spacial score (nSPS) is 12.2. The van der Waals surface area contributed by atoms with Crippen LogP contribution in [-0.4, -0.2) is 50.5 Å². The first-order valence-electron chi connectivity index (χ1n) is 12.6. The second-order valence-corrected chi connectivity index (χ2v) is 13.0. The second-order valence-electron chi connectivity index (χ2n) is 9.84. The van der Waals surface area contributed by atoms with Crippen molar-refractivity contribution in [3.05, 3.63) is 99.0 Å². The minimum Gasteiger partial charge on any atom is -0.354 e. The number of nitrogens with one attached hydrogen (secondary N) is 1. The van der Waals surface area contributed by atoms with E-state index in [9.17, 15) is 18.0 Å². The number of carbonyl (C=O) groups is 2.